The number of ether oxygens (including phenoxy) is 1. The van der Waals surface area contributed by atoms with Gasteiger partial charge in [0.15, 0.2) is 5.03 Å². The number of nitriles is 1. The van der Waals surface area contributed by atoms with Gasteiger partial charge in [-0.05, 0) is 43.4 Å². The fourth-order valence-corrected chi connectivity index (χ4v) is 4.79. The number of H-pyrrole nitrogens is 1. The fourth-order valence-electron chi connectivity index (χ4n) is 3.96. The number of hydrogen-bond acceptors (Lipinski definition) is 5. The molecule has 0 spiro atoms. The third-order valence-electron chi connectivity index (χ3n) is 5.36. The monoisotopic (exact) mass is 409 g/mol. The summed E-state index contributed by atoms with van der Waals surface area (Å²) in [5.74, 6) is 1.28. The first-order valence-electron chi connectivity index (χ1n) is 10.1. The van der Waals surface area contributed by atoms with Gasteiger partial charge >= 0.3 is 0 Å². The molecule has 2 aromatic rings. The average molecular weight is 410 g/mol. The molecule has 29 heavy (non-hydrogen) atoms. The van der Waals surface area contributed by atoms with E-state index < -0.39 is 0 Å². The zero-order chi connectivity index (χ0) is 20.1. The summed E-state index contributed by atoms with van der Waals surface area (Å²) in [6, 6.07) is 11.8. The molecular formula is C22H25N4O2S+. The number of aromatic amines is 1. The van der Waals surface area contributed by atoms with Crippen LogP contribution in [0.2, 0.25) is 0 Å². The lowest BCUT2D eigenvalue weighted by atomic mass is 9.89. The number of nitrogens with one attached hydrogen (secondary N) is 2. The molecule has 4 rings (SSSR count). The van der Waals surface area contributed by atoms with E-state index in [4.69, 9.17) is 4.74 Å². The number of amides is 1. The van der Waals surface area contributed by atoms with Gasteiger partial charge in [0.2, 0.25) is 5.91 Å². The summed E-state index contributed by atoms with van der Waals surface area (Å²) in [7, 11) is 0. The number of thioether (sulfide) groups is 1. The minimum absolute atomic E-state index is 0.0795. The van der Waals surface area contributed by atoms with Gasteiger partial charge in [-0.3, -0.25) is 9.69 Å². The molecule has 1 aliphatic carbocycles. The van der Waals surface area contributed by atoms with E-state index in [9.17, 15) is 10.1 Å². The van der Waals surface area contributed by atoms with Crippen LogP contribution in [-0.2, 0) is 22.4 Å². The summed E-state index contributed by atoms with van der Waals surface area (Å²) in [5.41, 5.74) is 3.91. The molecule has 1 fully saturated rings. The molecule has 0 unspecified atom stereocenters. The van der Waals surface area contributed by atoms with E-state index in [-0.39, 0.29) is 11.7 Å². The molecular weight excluding hydrogens is 384 g/mol. The first kappa shape index (κ1) is 19.7. The van der Waals surface area contributed by atoms with Gasteiger partial charge < -0.3 is 10.1 Å². The van der Waals surface area contributed by atoms with Crippen molar-refractivity contribution >= 4 is 29.2 Å². The van der Waals surface area contributed by atoms with Gasteiger partial charge in [-0.2, -0.15) is 5.26 Å². The van der Waals surface area contributed by atoms with E-state index in [0.717, 1.165) is 60.9 Å². The third kappa shape index (κ3) is 4.55. The second-order valence-electron chi connectivity index (χ2n) is 7.26. The first-order chi connectivity index (χ1) is 14.3. The van der Waals surface area contributed by atoms with E-state index in [1.54, 1.807) is 0 Å². The van der Waals surface area contributed by atoms with Crippen LogP contribution in [-0.4, -0.2) is 38.0 Å². The molecule has 6 nitrogen and oxygen atoms in total. The van der Waals surface area contributed by atoms with E-state index >= 15 is 0 Å². The number of para-hydroxylation sites is 1. The highest BCUT2D eigenvalue weighted by Crippen LogP contribution is 2.34. The van der Waals surface area contributed by atoms with Gasteiger partial charge in [0.1, 0.15) is 24.7 Å². The van der Waals surface area contributed by atoms with Crippen molar-refractivity contribution in [3.63, 3.8) is 0 Å². The van der Waals surface area contributed by atoms with E-state index in [1.807, 2.05) is 30.3 Å². The van der Waals surface area contributed by atoms with Gasteiger partial charge in [-0.1, -0.05) is 30.0 Å². The Morgan fingerprint density at radius 3 is 2.62 bits per heavy atom. The molecule has 2 heterocycles. The first-order valence-corrected chi connectivity index (χ1v) is 11.1. The van der Waals surface area contributed by atoms with Crippen LogP contribution in [0.5, 0.6) is 0 Å². The highest BCUT2D eigenvalue weighted by atomic mass is 32.2. The van der Waals surface area contributed by atoms with Crippen molar-refractivity contribution < 1.29 is 14.5 Å². The lowest BCUT2D eigenvalue weighted by Crippen LogP contribution is -2.41. The zero-order valence-corrected chi connectivity index (χ0v) is 17.2. The second kappa shape index (κ2) is 9.29. The summed E-state index contributed by atoms with van der Waals surface area (Å²) in [6.07, 6.45) is 4.17. The molecule has 2 N–H and O–H groups in total. The van der Waals surface area contributed by atoms with Crippen molar-refractivity contribution in [3.8, 4) is 6.07 Å². The third-order valence-corrected chi connectivity index (χ3v) is 6.36. The predicted molar refractivity (Wildman–Crippen MR) is 113 cm³/mol. The summed E-state index contributed by atoms with van der Waals surface area (Å²) in [6.45, 7) is 3.11. The van der Waals surface area contributed by atoms with Crippen molar-refractivity contribution in [2.75, 3.05) is 42.3 Å². The number of morpholine rings is 1. The molecule has 7 heteroatoms. The molecule has 0 atom stereocenters. The van der Waals surface area contributed by atoms with Crippen LogP contribution in [0.1, 0.15) is 29.5 Å². The van der Waals surface area contributed by atoms with Crippen molar-refractivity contribution in [2.45, 2.75) is 30.7 Å². The number of fused-ring (bicyclic) bond motifs is 1. The average Bonchev–Trinajstić information content (AvgIpc) is 2.78. The molecule has 1 amide bonds. The van der Waals surface area contributed by atoms with E-state index in [2.05, 4.69) is 21.3 Å². The molecule has 0 radical (unpaired) electrons. The van der Waals surface area contributed by atoms with Gasteiger partial charge in [-0.25, -0.2) is 4.98 Å². The Hall–Kier alpha value is -2.56. The number of benzene rings is 1. The molecule has 1 saturated heterocycles. The molecule has 0 saturated carbocycles. The lowest BCUT2D eigenvalue weighted by Gasteiger charge is -2.26. The SMILES string of the molecule is N#Cc1c(SCC(=O)Nc2ccccc2)[nH+]c(N2CCOCC2)c2c1CCCC2. The number of anilines is 2. The molecule has 150 valence electrons. The summed E-state index contributed by atoms with van der Waals surface area (Å²) in [4.78, 5) is 18.2. The number of carbonyl (C=O) groups is 1. The van der Waals surface area contributed by atoms with Crippen LogP contribution >= 0.6 is 11.8 Å². The van der Waals surface area contributed by atoms with Crippen molar-refractivity contribution in [1.29, 1.82) is 5.26 Å². The van der Waals surface area contributed by atoms with Crippen molar-refractivity contribution in [1.82, 2.24) is 0 Å². The molecule has 2 aliphatic rings. The maximum absolute atomic E-state index is 12.4. The highest BCUT2D eigenvalue weighted by Gasteiger charge is 2.31. The number of rotatable bonds is 5. The topological polar surface area (TPSA) is 79.5 Å². The number of hydrogen-bond donors (Lipinski definition) is 1. The Labute approximate surface area is 175 Å². The Kier molecular flexibility index (Phi) is 6.33. The smallest absolute Gasteiger partial charge is 0.278 e. The van der Waals surface area contributed by atoms with Crippen LogP contribution in [0.15, 0.2) is 35.4 Å². The fraction of sp³-hybridized carbons (Fsp3) is 0.409. The predicted octanol–water partition coefficient (Wildman–Crippen LogP) is 2.82. The number of carbonyl (C=O) groups excluding carboxylic acids is 1. The van der Waals surface area contributed by atoms with Gasteiger partial charge in [0.25, 0.3) is 5.82 Å². The van der Waals surface area contributed by atoms with Crippen LogP contribution in [0.3, 0.4) is 0 Å². The zero-order valence-electron chi connectivity index (χ0n) is 16.4. The maximum Gasteiger partial charge on any atom is 0.278 e. The Bertz CT molecular complexity index is 921. The van der Waals surface area contributed by atoms with Crippen molar-refractivity contribution in [3.05, 3.63) is 47.0 Å². The molecule has 1 aromatic carbocycles. The van der Waals surface area contributed by atoms with Gasteiger partial charge in [0.05, 0.1) is 19.0 Å². The highest BCUT2D eigenvalue weighted by molar-refractivity contribution is 7.99. The number of nitrogens with zero attached hydrogens (tertiary/aromatic N) is 2. The molecule has 0 bridgehead atoms. The van der Waals surface area contributed by atoms with Gasteiger partial charge in [0, 0.05) is 11.3 Å². The van der Waals surface area contributed by atoms with Crippen LogP contribution in [0.4, 0.5) is 11.5 Å². The Morgan fingerprint density at radius 1 is 1.17 bits per heavy atom. The van der Waals surface area contributed by atoms with Crippen LogP contribution in [0.25, 0.3) is 0 Å². The quantitative estimate of drug-likeness (QED) is 0.768. The largest absolute Gasteiger partial charge is 0.373 e. The Balaban J connectivity index is 1.58. The minimum atomic E-state index is -0.0795. The maximum atomic E-state index is 12.4. The molecule has 1 aromatic heterocycles. The summed E-state index contributed by atoms with van der Waals surface area (Å²) >= 11 is 1.40. The summed E-state index contributed by atoms with van der Waals surface area (Å²) in [5, 5.41) is 13.6. The minimum Gasteiger partial charge on any atom is -0.373 e. The number of aromatic nitrogens is 1. The van der Waals surface area contributed by atoms with Gasteiger partial charge in [-0.15, -0.1) is 0 Å². The van der Waals surface area contributed by atoms with Crippen LogP contribution in [0, 0.1) is 11.3 Å². The van der Waals surface area contributed by atoms with E-state index in [0.29, 0.717) is 18.8 Å². The lowest BCUT2D eigenvalue weighted by molar-refractivity contribution is -0.414. The number of pyridine rings is 1. The Morgan fingerprint density at radius 2 is 1.90 bits per heavy atom. The van der Waals surface area contributed by atoms with E-state index in [1.165, 1.54) is 17.3 Å². The standard InChI is InChI=1S/C22H24N4O2S/c23-14-19-17-8-4-5-9-18(17)21(26-10-12-28-13-11-26)25-22(19)29-15-20(27)24-16-6-2-1-3-7-16/h1-3,6-7H,4-5,8-13,15H2,(H,24,27)/p+1. The van der Waals surface area contributed by atoms with Crippen molar-refractivity contribution in [2.24, 2.45) is 0 Å². The normalized spacial score (nSPS) is 16.0. The van der Waals surface area contributed by atoms with Crippen LogP contribution < -0.4 is 15.2 Å². The summed E-state index contributed by atoms with van der Waals surface area (Å²) < 4.78 is 5.51. The molecule has 1 aliphatic heterocycles. The second-order valence-corrected chi connectivity index (χ2v) is 8.24.